The van der Waals surface area contributed by atoms with Crippen LogP contribution in [-0.2, 0) is 0 Å². The fraction of sp³-hybridized carbons (Fsp3) is 0. The van der Waals surface area contributed by atoms with Gasteiger partial charge in [0.1, 0.15) is 16.2 Å². The molecule has 56 heavy (non-hydrogen) atoms. The summed E-state index contributed by atoms with van der Waals surface area (Å²) in [6.45, 7) is 0. The SMILES string of the molecule is c1ccc(-c2ccc(-c3nc(-c4cc(-c5ccccc5)c5ccccc5c4)nc(-c4c5sc(-c6ccccc6)nc5cc5oc6ccccc6c45)n3)cc2)cc1. The molecule has 0 aliphatic carbocycles. The Morgan fingerprint density at radius 3 is 1.71 bits per heavy atom. The Morgan fingerprint density at radius 2 is 0.964 bits per heavy atom. The van der Waals surface area contributed by atoms with Crippen molar-refractivity contribution in [2.24, 2.45) is 0 Å². The van der Waals surface area contributed by atoms with E-state index in [1.807, 2.05) is 48.5 Å². The third kappa shape index (κ3) is 5.54. The fourth-order valence-electron chi connectivity index (χ4n) is 7.67. The van der Waals surface area contributed by atoms with Crippen molar-refractivity contribution in [3.63, 3.8) is 0 Å². The number of hydrogen-bond acceptors (Lipinski definition) is 6. The molecule has 6 heteroatoms. The molecule has 0 atom stereocenters. The van der Waals surface area contributed by atoms with Gasteiger partial charge in [-0.15, -0.1) is 11.3 Å². The average molecular weight is 735 g/mol. The van der Waals surface area contributed by atoms with Gasteiger partial charge in [0, 0.05) is 33.5 Å². The van der Waals surface area contributed by atoms with Crippen molar-refractivity contribution >= 4 is 54.3 Å². The van der Waals surface area contributed by atoms with Crippen molar-refractivity contribution in [3.05, 3.63) is 182 Å². The van der Waals surface area contributed by atoms with Gasteiger partial charge in [-0.25, -0.2) is 19.9 Å². The van der Waals surface area contributed by atoms with E-state index in [9.17, 15) is 0 Å². The summed E-state index contributed by atoms with van der Waals surface area (Å²) in [7, 11) is 0. The number of rotatable bonds is 6. The third-order valence-corrected chi connectivity index (χ3v) is 11.5. The van der Waals surface area contributed by atoms with E-state index < -0.39 is 0 Å². The lowest BCUT2D eigenvalue weighted by atomic mass is 9.95. The monoisotopic (exact) mass is 734 g/mol. The first-order valence-electron chi connectivity index (χ1n) is 18.5. The second-order valence-electron chi connectivity index (χ2n) is 13.8. The smallest absolute Gasteiger partial charge is 0.166 e. The number of benzene rings is 8. The van der Waals surface area contributed by atoms with Gasteiger partial charge in [0.05, 0.1) is 15.8 Å². The molecule has 3 heterocycles. The summed E-state index contributed by atoms with van der Waals surface area (Å²) in [5.41, 5.74) is 10.7. The van der Waals surface area contributed by atoms with Gasteiger partial charge in [0.25, 0.3) is 0 Å². The predicted molar refractivity (Wildman–Crippen MR) is 230 cm³/mol. The van der Waals surface area contributed by atoms with Crippen molar-refractivity contribution in [1.29, 1.82) is 0 Å². The van der Waals surface area contributed by atoms with Crippen molar-refractivity contribution in [3.8, 4) is 67.0 Å². The van der Waals surface area contributed by atoms with Crippen molar-refractivity contribution in [1.82, 2.24) is 19.9 Å². The molecule has 0 saturated carbocycles. The van der Waals surface area contributed by atoms with Crippen LogP contribution >= 0.6 is 11.3 Å². The van der Waals surface area contributed by atoms with Crippen LogP contribution in [0.1, 0.15) is 0 Å². The number of aromatic nitrogens is 4. The molecule has 0 unspecified atom stereocenters. The van der Waals surface area contributed by atoms with Gasteiger partial charge in [0.2, 0.25) is 0 Å². The highest BCUT2D eigenvalue weighted by atomic mass is 32.1. The molecule has 0 radical (unpaired) electrons. The maximum absolute atomic E-state index is 6.53. The number of hydrogen-bond donors (Lipinski definition) is 0. The first-order valence-corrected chi connectivity index (χ1v) is 19.4. The standard InChI is InChI=1S/C50H30N4OS/c1-4-14-31(15-5-1)32-24-26-34(27-25-32)47-52-48(37-28-36-20-10-11-21-38(36)40(29-37)33-16-6-2-7-17-33)54-49(53-47)45-44-39-22-12-13-23-42(39)55-43(44)30-41-46(45)56-50(51-41)35-18-8-3-9-19-35/h1-30H. The van der Waals surface area contributed by atoms with Crippen molar-refractivity contribution in [2.45, 2.75) is 0 Å². The van der Waals surface area contributed by atoms with Crippen LogP contribution in [0.2, 0.25) is 0 Å². The Balaban J connectivity index is 1.20. The van der Waals surface area contributed by atoms with E-state index >= 15 is 0 Å². The molecule has 0 N–H and O–H groups in total. The molecule has 11 aromatic rings. The lowest BCUT2D eigenvalue weighted by Gasteiger charge is -2.13. The van der Waals surface area contributed by atoms with Crippen LogP contribution in [0, 0.1) is 0 Å². The van der Waals surface area contributed by atoms with Crippen LogP contribution in [0.5, 0.6) is 0 Å². The molecule has 0 fully saturated rings. The lowest BCUT2D eigenvalue weighted by Crippen LogP contribution is -2.01. The Morgan fingerprint density at radius 1 is 0.393 bits per heavy atom. The van der Waals surface area contributed by atoms with E-state index in [0.29, 0.717) is 17.5 Å². The quantitative estimate of drug-likeness (QED) is 0.170. The molecule has 5 nitrogen and oxygen atoms in total. The molecule has 0 spiro atoms. The number of nitrogens with zero attached hydrogens (tertiary/aromatic N) is 4. The van der Waals surface area contributed by atoms with Crippen LogP contribution in [0.25, 0.3) is 110 Å². The summed E-state index contributed by atoms with van der Waals surface area (Å²) in [4.78, 5) is 21.1. The molecule has 262 valence electrons. The average Bonchev–Trinajstić information content (AvgIpc) is 3.87. The van der Waals surface area contributed by atoms with Crippen LogP contribution < -0.4 is 0 Å². The maximum atomic E-state index is 6.53. The van der Waals surface area contributed by atoms with Gasteiger partial charge in [-0.1, -0.05) is 158 Å². The van der Waals surface area contributed by atoms with E-state index in [4.69, 9.17) is 24.4 Å². The lowest BCUT2D eigenvalue weighted by molar-refractivity contribution is 0.669. The highest BCUT2D eigenvalue weighted by molar-refractivity contribution is 7.22. The van der Waals surface area contributed by atoms with Gasteiger partial charge in [-0.05, 0) is 51.2 Å². The number of thiazole rings is 1. The fourth-order valence-corrected chi connectivity index (χ4v) is 8.77. The third-order valence-electron chi connectivity index (χ3n) is 10.4. The predicted octanol–water partition coefficient (Wildman–Crippen LogP) is 13.5. The van der Waals surface area contributed by atoms with Gasteiger partial charge < -0.3 is 4.42 Å². The summed E-state index contributed by atoms with van der Waals surface area (Å²) >= 11 is 1.65. The Labute approximate surface area is 326 Å². The largest absolute Gasteiger partial charge is 0.456 e. The van der Waals surface area contributed by atoms with E-state index in [1.165, 1.54) is 5.39 Å². The summed E-state index contributed by atoms with van der Waals surface area (Å²) in [6, 6.07) is 62.8. The molecule has 0 amide bonds. The molecule has 0 bridgehead atoms. The number of furan rings is 1. The molecule has 11 rings (SSSR count). The highest BCUT2D eigenvalue weighted by Crippen LogP contribution is 2.45. The number of para-hydroxylation sites is 1. The van der Waals surface area contributed by atoms with Gasteiger partial charge in [-0.3, -0.25) is 0 Å². The Hall–Kier alpha value is -7.28. The zero-order chi connectivity index (χ0) is 37.0. The topological polar surface area (TPSA) is 64.7 Å². The first-order chi connectivity index (χ1) is 27.7. The van der Waals surface area contributed by atoms with Gasteiger partial charge in [-0.2, -0.15) is 0 Å². The van der Waals surface area contributed by atoms with Crippen molar-refractivity contribution in [2.75, 3.05) is 0 Å². The summed E-state index contributed by atoms with van der Waals surface area (Å²) in [5, 5.41) is 5.17. The Bertz CT molecular complexity index is 3230. The summed E-state index contributed by atoms with van der Waals surface area (Å²) in [6.07, 6.45) is 0. The van der Waals surface area contributed by atoms with Crippen molar-refractivity contribution < 1.29 is 4.42 Å². The molecule has 0 aliphatic heterocycles. The van der Waals surface area contributed by atoms with E-state index in [-0.39, 0.29) is 0 Å². The second-order valence-corrected chi connectivity index (χ2v) is 14.8. The molecule has 0 aliphatic rings. The summed E-state index contributed by atoms with van der Waals surface area (Å²) in [5.74, 6) is 1.74. The maximum Gasteiger partial charge on any atom is 0.166 e. The van der Waals surface area contributed by atoms with E-state index in [2.05, 4.69) is 133 Å². The van der Waals surface area contributed by atoms with Crippen LogP contribution in [0.4, 0.5) is 0 Å². The minimum absolute atomic E-state index is 0.567. The molecule has 3 aromatic heterocycles. The normalized spacial score (nSPS) is 11.6. The first kappa shape index (κ1) is 32.2. The highest BCUT2D eigenvalue weighted by Gasteiger charge is 2.24. The Kier molecular flexibility index (Phi) is 7.60. The minimum Gasteiger partial charge on any atom is -0.456 e. The molecular weight excluding hydrogens is 705 g/mol. The zero-order valence-corrected chi connectivity index (χ0v) is 30.7. The van der Waals surface area contributed by atoms with E-state index in [0.717, 1.165) is 87.1 Å². The molecular formula is C50H30N4OS. The van der Waals surface area contributed by atoms with E-state index in [1.54, 1.807) is 11.3 Å². The zero-order valence-electron chi connectivity index (χ0n) is 29.9. The van der Waals surface area contributed by atoms with Gasteiger partial charge in [0.15, 0.2) is 17.5 Å². The number of fused-ring (bicyclic) bond motifs is 5. The van der Waals surface area contributed by atoms with Crippen LogP contribution in [0.3, 0.4) is 0 Å². The summed E-state index contributed by atoms with van der Waals surface area (Å²) < 4.78 is 7.52. The minimum atomic E-state index is 0.567. The van der Waals surface area contributed by atoms with Gasteiger partial charge >= 0.3 is 0 Å². The van der Waals surface area contributed by atoms with Crippen LogP contribution in [-0.4, -0.2) is 19.9 Å². The molecule has 0 saturated heterocycles. The second kappa shape index (κ2) is 13.2. The van der Waals surface area contributed by atoms with Crippen LogP contribution in [0.15, 0.2) is 186 Å². The molecule has 8 aromatic carbocycles.